The molecule has 9 nitrogen and oxygen atoms in total. The molecule has 1 aliphatic rings. The van der Waals surface area contributed by atoms with Crippen molar-refractivity contribution in [3.8, 4) is 11.3 Å². The summed E-state index contributed by atoms with van der Waals surface area (Å²) in [6.45, 7) is 12.4. The third-order valence-corrected chi connectivity index (χ3v) is 9.13. The zero-order valence-electron chi connectivity index (χ0n) is 24.2. The maximum Gasteiger partial charge on any atom is 0.407 e. The first-order valence-corrected chi connectivity index (χ1v) is 17.9. The second-order valence-electron chi connectivity index (χ2n) is 11.9. The molecule has 11 heteroatoms. The number of fused-ring (bicyclic) bond motifs is 1. The number of alkyl carbamates (subject to hydrolysis) is 1. The van der Waals surface area contributed by atoms with Crippen molar-refractivity contribution in [2.75, 3.05) is 20.3 Å². The number of carbonyl (C=O) groups excluding carboxylic acids is 2. The summed E-state index contributed by atoms with van der Waals surface area (Å²) in [6.07, 6.45) is 3.01. The van der Waals surface area contributed by atoms with Gasteiger partial charge in [0.25, 0.3) is 0 Å². The van der Waals surface area contributed by atoms with Crippen molar-refractivity contribution >= 4 is 42.6 Å². The van der Waals surface area contributed by atoms with Crippen molar-refractivity contribution in [1.29, 1.82) is 0 Å². The Kier molecular flexibility index (Phi) is 9.53. The molecular weight excluding hydrogens is 546 g/mol. The van der Waals surface area contributed by atoms with Crippen LogP contribution >= 0.6 is 11.6 Å². The lowest BCUT2D eigenvalue weighted by molar-refractivity contribution is -0.135. The van der Waals surface area contributed by atoms with Gasteiger partial charge < -0.3 is 24.3 Å². The maximum atomic E-state index is 13.7. The fraction of sp³-hybridized carbons (Fsp3) is 0.517. The summed E-state index contributed by atoms with van der Waals surface area (Å²) in [5.74, 6) is 0.545. The number of methoxy groups -OCH3 is 1. The topological polar surface area (TPSA) is 98.6 Å². The van der Waals surface area contributed by atoms with Gasteiger partial charge in [0.05, 0.1) is 24.4 Å². The minimum absolute atomic E-state index is 0.104. The van der Waals surface area contributed by atoms with E-state index in [9.17, 15) is 9.59 Å². The van der Waals surface area contributed by atoms with E-state index in [1.807, 2.05) is 53.8 Å². The number of halogens is 1. The summed E-state index contributed by atoms with van der Waals surface area (Å²) >= 11 is 6.08. The second-order valence-corrected chi connectivity index (χ2v) is 17.9. The molecule has 0 aliphatic carbocycles. The quantitative estimate of drug-likeness (QED) is 0.175. The number of nitrogens with zero attached hydrogens (tertiary/aromatic N) is 4. The minimum atomic E-state index is -1.24. The van der Waals surface area contributed by atoms with Crippen molar-refractivity contribution in [2.45, 2.75) is 71.2 Å². The van der Waals surface area contributed by atoms with Crippen molar-refractivity contribution in [3.05, 3.63) is 47.5 Å². The number of pyridine rings is 1. The summed E-state index contributed by atoms with van der Waals surface area (Å²) in [5.41, 5.74) is 2.56. The SMILES string of the molecule is COC(=O)N[C@H](C(=O)N1CCCC1c1nc(-c2ccc3nc(Cl)ccc3c2)cn1COCC[Si](C)(C)C)C(C)C. The Labute approximate surface area is 242 Å². The highest BCUT2D eigenvalue weighted by molar-refractivity contribution is 6.76. The highest BCUT2D eigenvalue weighted by atomic mass is 35.5. The third kappa shape index (κ3) is 7.21. The van der Waals surface area contributed by atoms with E-state index in [2.05, 4.69) is 29.9 Å². The minimum Gasteiger partial charge on any atom is -0.453 e. The Morgan fingerprint density at radius 1 is 1.18 bits per heavy atom. The van der Waals surface area contributed by atoms with Crippen LogP contribution in [0.5, 0.6) is 0 Å². The van der Waals surface area contributed by atoms with E-state index in [1.165, 1.54) is 7.11 Å². The molecule has 216 valence electrons. The number of hydrogen-bond donors (Lipinski definition) is 1. The number of imidazole rings is 1. The fourth-order valence-corrected chi connectivity index (χ4v) is 5.83. The van der Waals surface area contributed by atoms with E-state index >= 15 is 0 Å². The molecule has 1 saturated heterocycles. The van der Waals surface area contributed by atoms with Crippen LogP contribution in [-0.4, -0.2) is 65.8 Å². The lowest BCUT2D eigenvalue weighted by atomic mass is 10.0. The van der Waals surface area contributed by atoms with Crippen molar-refractivity contribution in [2.24, 2.45) is 5.92 Å². The Bertz CT molecular complexity index is 1360. The standard InChI is InChI=1S/C29H40ClN5O4Si/c1-19(2)26(33-29(37)38-3)28(36)35-13-7-8-24(35)27-32-23(17-34(27)18-39-14-15-40(4,5)6)21-9-11-22-20(16-21)10-12-25(30)31-22/h9-12,16-17,19,24,26H,7-8,13-15,18H2,1-6H3,(H,33,37)/t24?,26-/m0/s1. The maximum absolute atomic E-state index is 13.7. The van der Waals surface area contributed by atoms with E-state index in [0.29, 0.717) is 25.0 Å². The average molecular weight is 586 g/mol. The van der Waals surface area contributed by atoms with Gasteiger partial charge in [0.1, 0.15) is 23.8 Å². The number of amides is 2. The van der Waals surface area contributed by atoms with Crippen molar-refractivity contribution in [1.82, 2.24) is 24.8 Å². The Hall–Kier alpha value is -2.95. The smallest absolute Gasteiger partial charge is 0.407 e. The number of rotatable bonds is 10. The van der Waals surface area contributed by atoms with Gasteiger partial charge in [-0.1, -0.05) is 51.2 Å². The average Bonchev–Trinajstić information content (AvgIpc) is 3.55. The predicted molar refractivity (Wildman–Crippen MR) is 160 cm³/mol. The van der Waals surface area contributed by atoms with Gasteiger partial charge in [-0.15, -0.1) is 0 Å². The highest BCUT2D eigenvalue weighted by Gasteiger charge is 2.38. The van der Waals surface area contributed by atoms with E-state index in [0.717, 1.165) is 46.9 Å². The molecule has 40 heavy (non-hydrogen) atoms. The molecule has 1 unspecified atom stereocenters. The Balaban J connectivity index is 1.66. The van der Waals surface area contributed by atoms with Crippen LogP contribution in [0.2, 0.25) is 30.8 Å². The molecule has 2 aromatic heterocycles. The number of ether oxygens (including phenoxy) is 2. The van der Waals surface area contributed by atoms with Crippen LogP contribution in [0.3, 0.4) is 0 Å². The van der Waals surface area contributed by atoms with Crippen LogP contribution in [0.25, 0.3) is 22.2 Å². The van der Waals surface area contributed by atoms with Crippen LogP contribution in [0.4, 0.5) is 4.79 Å². The molecule has 4 rings (SSSR count). The van der Waals surface area contributed by atoms with Crippen molar-refractivity contribution in [3.63, 3.8) is 0 Å². The largest absolute Gasteiger partial charge is 0.453 e. The summed E-state index contributed by atoms with van der Waals surface area (Å²) in [7, 11) is 0.0582. The van der Waals surface area contributed by atoms with E-state index in [1.54, 1.807) is 6.07 Å². The molecule has 1 fully saturated rings. The first kappa shape index (κ1) is 30.0. The molecule has 1 aromatic carbocycles. The number of aromatic nitrogens is 3. The molecule has 2 amide bonds. The molecule has 0 spiro atoms. The number of benzene rings is 1. The lowest BCUT2D eigenvalue weighted by Crippen LogP contribution is -2.51. The second kappa shape index (κ2) is 12.7. The van der Waals surface area contributed by atoms with Crippen LogP contribution in [0.15, 0.2) is 36.5 Å². The molecule has 2 atom stereocenters. The summed E-state index contributed by atoms with van der Waals surface area (Å²) < 4.78 is 12.9. The molecule has 1 N–H and O–H groups in total. The first-order chi connectivity index (χ1) is 19.0. The molecule has 0 saturated carbocycles. The number of likely N-dealkylation sites (tertiary alicyclic amines) is 1. The zero-order valence-corrected chi connectivity index (χ0v) is 26.0. The van der Waals surface area contributed by atoms with E-state index in [-0.39, 0.29) is 17.9 Å². The first-order valence-electron chi connectivity index (χ1n) is 13.8. The normalized spacial score (nSPS) is 16.5. The fourth-order valence-electron chi connectivity index (χ4n) is 4.92. The number of nitrogens with one attached hydrogen (secondary N) is 1. The molecule has 3 aromatic rings. The van der Waals surface area contributed by atoms with Gasteiger partial charge in [0.15, 0.2) is 0 Å². The predicted octanol–water partition coefficient (Wildman–Crippen LogP) is 6.11. The number of hydrogen-bond acceptors (Lipinski definition) is 6. The monoisotopic (exact) mass is 585 g/mol. The van der Waals surface area contributed by atoms with Crippen molar-refractivity contribution < 1.29 is 19.1 Å². The van der Waals surface area contributed by atoms with Gasteiger partial charge in [-0.25, -0.2) is 14.8 Å². The van der Waals surface area contributed by atoms with Crippen LogP contribution < -0.4 is 5.32 Å². The lowest BCUT2D eigenvalue weighted by Gasteiger charge is -2.30. The van der Waals surface area contributed by atoms with E-state index in [4.69, 9.17) is 26.1 Å². The summed E-state index contributed by atoms with van der Waals surface area (Å²) in [6, 6.07) is 9.84. The molecule has 0 radical (unpaired) electrons. The molecule has 0 bridgehead atoms. The van der Waals surface area contributed by atoms with Crippen LogP contribution in [0, 0.1) is 5.92 Å². The van der Waals surface area contributed by atoms with Crippen LogP contribution in [0.1, 0.15) is 38.6 Å². The highest BCUT2D eigenvalue weighted by Crippen LogP contribution is 2.35. The van der Waals surface area contributed by atoms with Gasteiger partial charge in [-0.05, 0) is 49.1 Å². The number of carbonyl (C=O) groups is 2. The molecule has 1 aliphatic heterocycles. The molecule has 3 heterocycles. The van der Waals surface area contributed by atoms with Gasteiger partial charge >= 0.3 is 6.09 Å². The summed E-state index contributed by atoms with van der Waals surface area (Å²) in [5, 5.41) is 4.14. The Morgan fingerprint density at radius 3 is 2.65 bits per heavy atom. The molecular formula is C29H40ClN5O4Si. The van der Waals surface area contributed by atoms with E-state index < -0.39 is 20.2 Å². The Morgan fingerprint density at radius 2 is 1.95 bits per heavy atom. The summed E-state index contributed by atoms with van der Waals surface area (Å²) in [4.78, 5) is 37.0. The van der Waals surface area contributed by atoms with Gasteiger partial charge in [0, 0.05) is 38.4 Å². The van der Waals surface area contributed by atoms with Gasteiger partial charge in [0.2, 0.25) is 5.91 Å². The third-order valence-electron chi connectivity index (χ3n) is 7.21. The van der Waals surface area contributed by atoms with Gasteiger partial charge in [-0.2, -0.15) is 0 Å². The zero-order chi connectivity index (χ0) is 29.0. The van der Waals surface area contributed by atoms with Crippen LogP contribution in [-0.2, 0) is 21.0 Å². The van der Waals surface area contributed by atoms with Gasteiger partial charge in [-0.3, -0.25) is 4.79 Å².